The molecule has 0 amide bonds. The Labute approximate surface area is 295 Å². The van der Waals surface area contributed by atoms with Crippen LogP contribution in [-0.4, -0.2) is 99.4 Å². The largest absolute Gasteiger partial charge is 0.493 e. The van der Waals surface area contributed by atoms with Crippen molar-refractivity contribution >= 4 is 37.5 Å². The summed E-state index contributed by atoms with van der Waals surface area (Å²) in [5, 5.41) is 11.2. The first kappa shape index (κ1) is 35.9. The topological polar surface area (TPSA) is 148 Å². The van der Waals surface area contributed by atoms with Gasteiger partial charge < -0.3 is 29.0 Å². The number of hydrogen-bond donors (Lipinski definition) is 2. The van der Waals surface area contributed by atoms with Crippen LogP contribution in [0.5, 0.6) is 17.2 Å². The highest BCUT2D eigenvalue weighted by Crippen LogP contribution is 2.47. The number of nitrogens with one attached hydrogen (secondary N) is 1. The van der Waals surface area contributed by atoms with Crippen LogP contribution in [0.25, 0.3) is 10.2 Å². The lowest BCUT2D eigenvalue weighted by atomic mass is 9.71. The van der Waals surface area contributed by atoms with Crippen LogP contribution >= 0.6 is 11.3 Å². The minimum absolute atomic E-state index is 0.0403. The zero-order chi connectivity index (χ0) is 35.3. The highest BCUT2D eigenvalue weighted by Gasteiger charge is 2.56. The van der Waals surface area contributed by atoms with E-state index in [-0.39, 0.29) is 22.7 Å². The number of piperidine rings is 1. The van der Waals surface area contributed by atoms with Gasteiger partial charge in [-0.1, -0.05) is 29.5 Å². The molecule has 1 aromatic heterocycles. The maximum absolute atomic E-state index is 14.6. The standard InChI is InChI=1S/C36H43N3O9S2/c1-45-31-13-9-25(22-32(31)46-2)8-11-29(26-6-5-7-27(23-26)48-21-18-38-16-19-47-20-17-38)36(34(40)41)14-3-4-15-39(36)50(43,44)28-10-12-30-33(24-28)49-35(42)37-30/h5-7,9-10,12-13,22-24,29H,3-4,8,11,14-21H2,1-2H3,(H,37,42)(H,40,41)/t29-,36+/m1/s1. The van der Waals surface area contributed by atoms with E-state index < -0.39 is 27.4 Å². The smallest absolute Gasteiger partial charge is 0.325 e. The van der Waals surface area contributed by atoms with Gasteiger partial charge in [0, 0.05) is 32.1 Å². The lowest BCUT2D eigenvalue weighted by Crippen LogP contribution is -2.62. The van der Waals surface area contributed by atoms with Gasteiger partial charge in [-0.05, 0) is 85.7 Å². The third kappa shape index (κ3) is 7.40. The van der Waals surface area contributed by atoms with Crippen molar-refractivity contribution in [1.29, 1.82) is 0 Å². The van der Waals surface area contributed by atoms with Crippen LogP contribution in [0.3, 0.4) is 0 Å². The van der Waals surface area contributed by atoms with Gasteiger partial charge in [0.15, 0.2) is 11.5 Å². The molecule has 2 N–H and O–H groups in total. The summed E-state index contributed by atoms with van der Waals surface area (Å²) < 4.78 is 53.4. The van der Waals surface area contributed by atoms with Crippen LogP contribution in [0.15, 0.2) is 70.4 Å². The Hall–Kier alpha value is -3.95. The summed E-state index contributed by atoms with van der Waals surface area (Å²) in [6.45, 7) is 4.25. The number of aromatic amines is 1. The number of ether oxygens (including phenoxy) is 4. The molecular weight excluding hydrogens is 683 g/mol. The Morgan fingerprint density at radius 3 is 2.58 bits per heavy atom. The quantitative estimate of drug-likeness (QED) is 0.187. The molecule has 12 nitrogen and oxygen atoms in total. The Morgan fingerprint density at radius 1 is 1.02 bits per heavy atom. The zero-order valence-corrected chi connectivity index (χ0v) is 29.9. The molecule has 50 heavy (non-hydrogen) atoms. The number of hydrogen-bond acceptors (Lipinski definition) is 10. The summed E-state index contributed by atoms with van der Waals surface area (Å²) in [4.78, 5) is 30.4. The predicted octanol–water partition coefficient (Wildman–Crippen LogP) is 4.73. The number of carbonyl (C=O) groups is 1. The van der Waals surface area contributed by atoms with E-state index in [9.17, 15) is 23.1 Å². The summed E-state index contributed by atoms with van der Waals surface area (Å²) in [5.41, 5.74) is 0.294. The number of rotatable bonds is 14. The van der Waals surface area contributed by atoms with E-state index in [0.29, 0.717) is 78.5 Å². The van der Waals surface area contributed by atoms with Gasteiger partial charge in [-0.15, -0.1) is 0 Å². The van der Waals surface area contributed by atoms with Crippen LogP contribution in [0.4, 0.5) is 0 Å². The molecule has 2 saturated heterocycles. The minimum atomic E-state index is -4.33. The monoisotopic (exact) mass is 725 g/mol. The molecule has 2 fully saturated rings. The van der Waals surface area contributed by atoms with Crippen molar-refractivity contribution in [3.05, 3.63) is 81.5 Å². The lowest BCUT2D eigenvalue weighted by Gasteiger charge is -2.48. The number of fused-ring (bicyclic) bond motifs is 1. The number of nitrogens with zero attached hydrogens (tertiary/aromatic N) is 2. The first-order valence-corrected chi connectivity index (χ1v) is 19.0. The number of aryl methyl sites for hydroxylation is 1. The maximum atomic E-state index is 14.6. The summed E-state index contributed by atoms with van der Waals surface area (Å²) in [6, 6.07) is 17.4. The Balaban J connectivity index is 1.39. The summed E-state index contributed by atoms with van der Waals surface area (Å²) in [6.07, 6.45) is 1.95. The van der Waals surface area contributed by atoms with Gasteiger partial charge >= 0.3 is 10.8 Å². The number of H-pyrrole nitrogens is 1. The Kier molecular flexibility index (Phi) is 11.1. The third-order valence-corrected chi connectivity index (χ3v) is 12.5. The Bertz CT molecular complexity index is 1970. The average Bonchev–Trinajstić information content (AvgIpc) is 3.51. The molecule has 0 unspecified atom stereocenters. The lowest BCUT2D eigenvalue weighted by molar-refractivity contribution is -0.152. The molecule has 0 aliphatic carbocycles. The fourth-order valence-corrected chi connectivity index (χ4v) is 9.91. The molecule has 268 valence electrons. The van der Waals surface area contributed by atoms with Crippen LogP contribution in [-0.2, 0) is 26.0 Å². The van der Waals surface area contributed by atoms with Crippen LogP contribution in [0.2, 0.25) is 0 Å². The SMILES string of the molecule is COc1ccc(CC[C@H](c2cccc(OCCN3CCOCC3)c2)[C@]2(C(=O)O)CCCCN2S(=O)(=O)c2ccc3[nH]c(=O)sc3c2)cc1OC. The number of methoxy groups -OCH3 is 2. The number of benzene rings is 3. The molecule has 3 aromatic carbocycles. The van der Waals surface area contributed by atoms with Gasteiger partial charge in [0.05, 0.1) is 42.5 Å². The number of thiazole rings is 1. The summed E-state index contributed by atoms with van der Waals surface area (Å²) in [7, 11) is -1.21. The molecule has 0 bridgehead atoms. The zero-order valence-electron chi connectivity index (χ0n) is 28.3. The van der Waals surface area contributed by atoms with Crippen LogP contribution in [0.1, 0.15) is 42.7 Å². The second-order valence-electron chi connectivity index (χ2n) is 12.6. The van der Waals surface area contributed by atoms with E-state index in [2.05, 4.69) is 9.88 Å². The normalized spacial score (nSPS) is 19.6. The highest BCUT2D eigenvalue weighted by atomic mass is 32.2. The molecule has 4 aromatic rings. The van der Waals surface area contributed by atoms with Gasteiger partial charge in [0.25, 0.3) is 0 Å². The van der Waals surface area contributed by atoms with E-state index in [4.69, 9.17) is 18.9 Å². The van der Waals surface area contributed by atoms with Crippen molar-refractivity contribution in [3.63, 3.8) is 0 Å². The van der Waals surface area contributed by atoms with Gasteiger partial charge in [-0.3, -0.25) is 14.5 Å². The van der Waals surface area contributed by atoms with Gasteiger partial charge in [-0.25, -0.2) is 8.42 Å². The second-order valence-corrected chi connectivity index (χ2v) is 15.5. The fourth-order valence-electron chi connectivity index (χ4n) is 7.20. The number of carboxylic acids is 1. The molecule has 3 heterocycles. The molecule has 2 atom stereocenters. The highest BCUT2D eigenvalue weighted by molar-refractivity contribution is 7.89. The number of aliphatic carboxylic acids is 1. The van der Waals surface area contributed by atoms with E-state index >= 15 is 0 Å². The number of carboxylic acid groups (broad SMARTS) is 1. The molecular formula is C36H43N3O9S2. The van der Waals surface area contributed by atoms with Gasteiger partial charge in [-0.2, -0.15) is 4.31 Å². The number of sulfonamides is 1. The fraction of sp³-hybridized carbons (Fsp3) is 0.444. The summed E-state index contributed by atoms with van der Waals surface area (Å²) >= 11 is 0.914. The van der Waals surface area contributed by atoms with E-state index in [0.717, 1.165) is 36.5 Å². The first-order valence-electron chi connectivity index (χ1n) is 16.8. The number of morpholine rings is 1. The van der Waals surface area contributed by atoms with Gasteiger partial charge in [0.2, 0.25) is 10.0 Å². The summed E-state index contributed by atoms with van der Waals surface area (Å²) in [5.74, 6) is -0.243. The first-order chi connectivity index (χ1) is 24.1. The van der Waals surface area contributed by atoms with Crippen LogP contribution in [0, 0.1) is 0 Å². The molecule has 0 radical (unpaired) electrons. The van der Waals surface area contributed by atoms with Crippen LogP contribution < -0.4 is 19.1 Å². The van der Waals surface area contributed by atoms with Crippen molar-refractivity contribution in [3.8, 4) is 17.2 Å². The second kappa shape index (κ2) is 15.5. The van der Waals surface area contributed by atoms with Gasteiger partial charge in [0.1, 0.15) is 17.9 Å². The maximum Gasteiger partial charge on any atom is 0.325 e. The average molecular weight is 726 g/mol. The molecule has 0 saturated carbocycles. The van der Waals surface area contributed by atoms with Crippen molar-refractivity contribution in [2.75, 3.05) is 60.2 Å². The molecule has 0 spiro atoms. The molecule has 2 aliphatic rings. The van der Waals surface area contributed by atoms with Crippen molar-refractivity contribution in [1.82, 2.24) is 14.2 Å². The number of aromatic nitrogens is 1. The Morgan fingerprint density at radius 2 is 1.82 bits per heavy atom. The minimum Gasteiger partial charge on any atom is -0.493 e. The van der Waals surface area contributed by atoms with E-state index in [1.807, 2.05) is 42.5 Å². The van der Waals surface area contributed by atoms with Crippen molar-refractivity contribution in [2.45, 2.75) is 48.5 Å². The predicted molar refractivity (Wildman–Crippen MR) is 190 cm³/mol. The third-order valence-electron chi connectivity index (χ3n) is 9.75. The van der Waals surface area contributed by atoms with E-state index in [1.165, 1.54) is 16.4 Å². The van der Waals surface area contributed by atoms with E-state index in [1.54, 1.807) is 20.3 Å². The molecule has 6 rings (SSSR count). The molecule has 14 heteroatoms. The van der Waals surface area contributed by atoms with Crippen molar-refractivity contribution in [2.24, 2.45) is 0 Å². The van der Waals surface area contributed by atoms with Crippen molar-refractivity contribution < 1.29 is 37.3 Å². The molecule has 2 aliphatic heterocycles.